The third-order valence-corrected chi connectivity index (χ3v) is 10.5. The number of para-hydroxylation sites is 1. The number of hydrogen-bond acceptors (Lipinski definition) is 3. The second kappa shape index (κ2) is 9.37. The first kappa shape index (κ1) is 25.8. The molecule has 2 aliphatic rings. The SMILES string of the molecule is c1ccc(-c2nc(-c3ccc4c(c3)C3(c5ccccc5-4)c4ccccc4-c4c3ccc3ccccc43)nc3c2oc2ccccc23)cc1. The first-order valence-electron chi connectivity index (χ1n) is 16.4. The maximum absolute atomic E-state index is 6.41. The average Bonchev–Trinajstić information content (AvgIpc) is 3.79. The number of fused-ring (bicyclic) bond motifs is 15. The van der Waals surface area contributed by atoms with E-state index in [4.69, 9.17) is 14.4 Å². The molecule has 0 fully saturated rings. The van der Waals surface area contributed by atoms with E-state index in [2.05, 4.69) is 121 Å². The molecule has 1 spiro atoms. The lowest BCUT2D eigenvalue weighted by molar-refractivity contribution is 0.667. The highest BCUT2D eigenvalue weighted by molar-refractivity contribution is 6.08. The largest absolute Gasteiger partial charge is 0.452 e. The fourth-order valence-corrected chi connectivity index (χ4v) is 8.56. The number of hydrogen-bond donors (Lipinski definition) is 0. The first-order chi connectivity index (χ1) is 23.8. The van der Waals surface area contributed by atoms with Crippen molar-refractivity contribution < 1.29 is 4.42 Å². The molecule has 48 heavy (non-hydrogen) atoms. The molecule has 0 aliphatic heterocycles. The zero-order valence-electron chi connectivity index (χ0n) is 25.8. The standard InChI is InChI=1S/C45H26N2O/c1-2-13-28(14-3-1)41-43-42(34-18-8-11-21-39(34)48-43)47-44(46-41)29-22-24-32-31-16-6-9-19-35(31)45(38(32)26-29)36-20-10-7-17-33(36)40-30-15-5-4-12-27(30)23-25-37(40)45/h1-26H. The Hall–Kier alpha value is -6.32. The van der Waals surface area contributed by atoms with Gasteiger partial charge in [0, 0.05) is 16.5 Å². The summed E-state index contributed by atoms with van der Waals surface area (Å²) >= 11 is 0. The van der Waals surface area contributed by atoms with E-state index in [9.17, 15) is 0 Å². The highest BCUT2D eigenvalue weighted by atomic mass is 16.3. The van der Waals surface area contributed by atoms with Crippen LogP contribution in [0.3, 0.4) is 0 Å². The molecular weight excluding hydrogens is 585 g/mol. The second-order valence-electron chi connectivity index (χ2n) is 12.8. The Morgan fingerprint density at radius 2 is 1.15 bits per heavy atom. The van der Waals surface area contributed by atoms with Gasteiger partial charge in [0.2, 0.25) is 0 Å². The third-order valence-electron chi connectivity index (χ3n) is 10.5. The normalized spacial score (nSPS) is 15.6. The highest BCUT2D eigenvalue weighted by Gasteiger charge is 2.52. The minimum Gasteiger partial charge on any atom is -0.452 e. The minimum absolute atomic E-state index is 0.466. The lowest BCUT2D eigenvalue weighted by Gasteiger charge is -2.30. The molecule has 2 heterocycles. The fraction of sp³-hybridized carbons (Fsp3) is 0.0222. The van der Waals surface area contributed by atoms with Crippen LogP contribution < -0.4 is 0 Å². The van der Waals surface area contributed by atoms with Crippen LogP contribution in [0.5, 0.6) is 0 Å². The molecule has 222 valence electrons. The number of benzene rings is 7. The summed E-state index contributed by atoms with van der Waals surface area (Å²) in [6, 6.07) is 56.6. The van der Waals surface area contributed by atoms with Gasteiger partial charge in [0.25, 0.3) is 0 Å². The minimum atomic E-state index is -0.466. The summed E-state index contributed by atoms with van der Waals surface area (Å²) in [5, 5.41) is 3.53. The Morgan fingerprint density at radius 1 is 0.458 bits per heavy atom. The van der Waals surface area contributed by atoms with Gasteiger partial charge in [-0.25, -0.2) is 9.97 Å². The number of rotatable bonds is 2. The van der Waals surface area contributed by atoms with Gasteiger partial charge in [0.05, 0.1) is 5.41 Å². The molecule has 0 radical (unpaired) electrons. The van der Waals surface area contributed by atoms with Crippen molar-refractivity contribution in [2.24, 2.45) is 0 Å². The van der Waals surface area contributed by atoms with Crippen molar-refractivity contribution in [3.8, 4) is 44.9 Å². The summed E-state index contributed by atoms with van der Waals surface area (Å²) in [6.45, 7) is 0. The quantitative estimate of drug-likeness (QED) is 0.195. The molecule has 3 nitrogen and oxygen atoms in total. The monoisotopic (exact) mass is 610 g/mol. The first-order valence-corrected chi connectivity index (χ1v) is 16.4. The van der Waals surface area contributed by atoms with Crippen molar-refractivity contribution in [1.29, 1.82) is 0 Å². The molecule has 0 N–H and O–H groups in total. The topological polar surface area (TPSA) is 38.9 Å². The molecule has 1 unspecified atom stereocenters. The Kier molecular flexibility index (Phi) is 5.04. The van der Waals surface area contributed by atoms with E-state index >= 15 is 0 Å². The van der Waals surface area contributed by atoms with Crippen LogP contribution in [0.25, 0.3) is 77.7 Å². The number of furan rings is 1. The average molecular weight is 611 g/mol. The molecule has 2 aliphatic carbocycles. The molecule has 7 aromatic carbocycles. The van der Waals surface area contributed by atoms with E-state index in [0.29, 0.717) is 11.4 Å². The number of nitrogens with zero attached hydrogens (tertiary/aromatic N) is 2. The van der Waals surface area contributed by atoms with Crippen LogP contribution in [0.15, 0.2) is 162 Å². The van der Waals surface area contributed by atoms with Crippen LogP contribution in [0.1, 0.15) is 22.3 Å². The van der Waals surface area contributed by atoms with Crippen LogP contribution >= 0.6 is 0 Å². The van der Waals surface area contributed by atoms with Gasteiger partial charge in [-0.1, -0.05) is 140 Å². The molecule has 9 aromatic rings. The molecule has 3 heteroatoms. The molecule has 2 aromatic heterocycles. The zero-order valence-corrected chi connectivity index (χ0v) is 25.8. The Balaban J connectivity index is 1.23. The maximum Gasteiger partial charge on any atom is 0.180 e. The Morgan fingerprint density at radius 3 is 2.02 bits per heavy atom. The smallest absolute Gasteiger partial charge is 0.180 e. The van der Waals surface area contributed by atoms with Crippen molar-refractivity contribution in [2.45, 2.75) is 5.41 Å². The summed E-state index contributed by atoms with van der Waals surface area (Å²) < 4.78 is 6.41. The molecule has 0 bridgehead atoms. The summed E-state index contributed by atoms with van der Waals surface area (Å²) in [5.41, 5.74) is 15.1. The van der Waals surface area contributed by atoms with Gasteiger partial charge < -0.3 is 4.42 Å². The van der Waals surface area contributed by atoms with Gasteiger partial charge in [-0.05, 0) is 73.5 Å². The summed E-state index contributed by atoms with van der Waals surface area (Å²) in [6.07, 6.45) is 0. The van der Waals surface area contributed by atoms with E-state index in [-0.39, 0.29) is 0 Å². The van der Waals surface area contributed by atoms with Gasteiger partial charge in [-0.3, -0.25) is 0 Å². The zero-order chi connectivity index (χ0) is 31.4. The van der Waals surface area contributed by atoms with E-state index in [1.54, 1.807) is 0 Å². The van der Waals surface area contributed by atoms with Crippen molar-refractivity contribution in [3.05, 3.63) is 180 Å². The highest BCUT2D eigenvalue weighted by Crippen LogP contribution is 2.64. The number of aromatic nitrogens is 2. The lowest BCUT2D eigenvalue weighted by Crippen LogP contribution is -2.25. The fourth-order valence-electron chi connectivity index (χ4n) is 8.56. The molecule has 1 atom stereocenters. The molecule has 0 amide bonds. The van der Waals surface area contributed by atoms with Crippen molar-refractivity contribution in [1.82, 2.24) is 9.97 Å². The summed E-state index contributed by atoms with van der Waals surface area (Å²) in [7, 11) is 0. The van der Waals surface area contributed by atoms with Crippen LogP contribution in [0, 0.1) is 0 Å². The Labute approximate surface area is 276 Å². The van der Waals surface area contributed by atoms with Crippen LogP contribution in [0.4, 0.5) is 0 Å². The molecular formula is C45H26N2O. The van der Waals surface area contributed by atoms with E-state index in [1.165, 1.54) is 55.3 Å². The van der Waals surface area contributed by atoms with Crippen molar-refractivity contribution in [2.75, 3.05) is 0 Å². The van der Waals surface area contributed by atoms with Gasteiger partial charge in [0.15, 0.2) is 11.4 Å². The van der Waals surface area contributed by atoms with E-state index in [0.717, 1.165) is 33.3 Å². The predicted octanol–water partition coefficient (Wildman–Crippen LogP) is 11.2. The van der Waals surface area contributed by atoms with Crippen molar-refractivity contribution >= 4 is 32.8 Å². The van der Waals surface area contributed by atoms with Gasteiger partial charge in [-0.2, -0.15) is 0 Å². The van der Waals surface area contributed by atoms with Crippen LogP contribution in [-0.2, 0) is 5.41 Å². The lowest BCUT2D eigenvalue weighted by atomic mass is 9.70. The molecule has 11 rings (SSSR count). The van der Waals surface area contributed by atoms with Gasteiger partial charge >= 0.3 is 0 Å². The van der Waals surface area contributed by atoms with Crippen LogP contribution in [0.2, 0.25) is 0 Å². The maximum atomic E-state index is 6.41. The summed E-state index contributed by atoms with van der Waals surface area (Å²) in [5.74, 6) is 0.687. The van der Waals surface area contributed by atoms with Gasteiger partial charge in [-0.15, -0.1) is 0 Å². The summed E-state index contributed by atoms with van der Waals surface area (Å²) in [4.78, 5) is 10.5. The van der Waals surface area contributed by atoms with E-state index < -0.39 is 5.41 Å². The molecule has 0 saturated heterocycles. The van der Waals surface area contributed by atoms with Crippen molar-refractivity contribution in [3.63, 3.8) is 0 Å². The third kappa shape index (κ3) is 3.22. The van der Waals surface area contributed by atoms with Crippen LogP contribution in [-0.4, -0.2) is 9.97 Å². The van der Waals surface area contributed by atoms with Gasteiger partial charge in [0.1, 0.15) is 16.8 Å². The molecule has 0 saturated carbocycles. The van der Waals surface area contributed by atoms with E-state index in [1.807, 2.05) is 36.4 Å². The Bertz CT molecular complexity index is 2790. The second-order valence-corrected chi connectivity index (χ2v) is 12.8. The predicted molar refractivity (Wildman–Crippen MR) is 194 cm³/mol.